The first-order valence-corrected chi connectivity index (χ1v) is 12.3. The highest BCUT2D eigenvalue weighted by atomic mass is 19.1. The third-order valence-corrected chi connectivity index (χ3v) is 7.02. The van der Waals surface area contributed by atoms with E-state index in [1.165, 1.54) is 6.07 Å². The highest BCUT2D eigenvalue weighted by Crippen LogP contribution is 2.37. The van der Waals surface area contributed by atoms with Gasteiger partial charge in [-0.2, -0.15) is 0 Å². The Morgan fingerprint density at radius 1 is 0.914 bits per heavy atom. The number of para-hydroxylation sites is 1. The summed E-state index contributed by atoms with van der Waals surface area (Å²) in [6.07, 6.45) is 2.87. The van der Waals surface area contributed by atoms with Crippen molar-refractivity contribution in [2.45, 2.75) is 25.7 Å². The quantitative estimate of drug-likeness (QED) is 0.641. The molecule has 3 aliphatic rings. The Morgan fingerprint density at radius 2 is 1.66 bits per heavy atom. The van der Waals surface area contributed by atoms with Gasteiger partial charge in [-0.1, -0.05) is 12.1 Å². The number of benzene rings is 2. The van der Waals surface area contributed by atoms with Gasteiger partial charge in [-0.05, 0) is 54.7 Å². The van der Waals surface area contributed by atoms with Crippen LogP contribution in [0.3, 0.4) is 0 Å². The van der Waals surface area contributed by atoms with E-state index >= 15 is 0 Å². The molecule has 184 valence electrons. The molecule has 0 aliphatic carbocycles. The second-order valence-electron chi connectivity index (χ2n) is 9.28. The number of halogens is 1. The van der Waals surface area contributed by atoms with E-state index in [1.807, 2.05) is 28.0 Å². The summed E-state index contributed by atoms with van der Waals surface area (Å²) in [4.78, 5) is 43.1. The second-order valence-corrected chi connectivity index (χ2v) is 9.28. The third kappa shape index (κ3) is 5.00. The third-order valence-electron chi connectivity index (χ3n) is 7.02. The van der Waals surface area contributed by atoms with Crippen LogP contribution in [0.4, 0.5) is 21.5 Å². The van der Waals surface area contributed by atoms with E-state index in [4.69, 9.17) is 0 Å². The fraction of sp³-hybridized carbons (Fsp3) is 0.423. The number of nitrogens with zero attached hydrogens (tertiary/aromatic N) is 3. The minimum absolute atomic E-state index is 0.156. The van der Waals surface area contributed by atoms with E-state index in [0.717, 1.165) is 49.3 Å². The highest BCUT2D eigenvalue weighted by molar-refractivity contribution is 6.39. The second kappa shape index (κ2) is 10.0. The Labute approximate surface area is 204 Å². The van der Waals surface area contributed by atoms with Crippen LogP contribution in [0.2, 0.25) is 0 Å². The molecule has 0 saturated carbocycles. The summed E-state index contributed by atoms with van der Waals surface area (Å²) in [6, 6.07) is 10.5. The lowest BCUT2D eigenvalue weighted by Gasteiger charge is -2.36. The average molecular weight is 480 g/mol. The summed E-state index contributed by atoms with van der Waals surface area (Å²) in [5, 5.41) is 5.42. The van der Waals surface area contributed by atoms with Crippen molar-refractivity contribution in [2.24, 2.45) is 0 Å². The van der Waals surface area contributed by atoms with Gasteiger partial charge in [-0.15, -0.1) is 0 Å². The normalized spacial score (nSPS) is 17.7. The summed E-state index contributed by atoms with van der Waals surface area (Å²) < 4.78 is 14.0. The topological polar surface area (TPSA) is 85.0 Å². The van der Waals surface area contributed by atoms with Crippen LogP contribution in [-0.2, 0) is 27.2 Å². The Balaban J connectivity index is 1.09. The van der Waals surface area contributed by atoms with Gasteiger partial charge in [-0.25, -0.2) is 4.39 Å². The molecule has 0 bridgehead atoms. The summed E-state index contributed by atoms with van der Waals surface area (Å²) >= 11 is 0. The predicted octanol–water partition coefficient (Wildman–Crippen LogP) is 1.93. The van der Waals surface area contributed by atoms with Crippen LogP contribution in [0.15, 0.2) is 36.4 Å². The summed E-state index contributed by atoms with van der Waals surface area (Å²) in [5.74, 6) is -1.42. The molecule has 2 aromatic rings. The molecule has 0 unspecified atom stereocenters. The minimum atomic E-state index is -0.693. The maximum absolute atomic E-state index is 14.0. The van der Waals surface area contributed by atoms with Gasteiger partial charge >= 0.3 is 11.8 Å². The number of hydrogen-bond acceptors (Lipinski definition) is 5. The maximum atomic E-state index is 14.0. The van der Waals surface area contributed by atoms with E-state index in [2.05, 4.69) is 15.5 Å². The molecule has 0 atom stereocenters. The van der Waals surface area contributed by atoms with E-state index in [0.29, 0.717) is 50.4 Å². The monoisotopic (exact) mass is 479 g/mol. The van der Waals surface area contributed by atoms with Crippen LogP contribution >= 0.6 is 0 Å². The van der Waals surface area contributed by atoms with Crippen molar-refractivity contribution in [3.63, 3.8) is 0 Å². The first kappa shape index (κ1) is 23.3. The average Bonchev–Trinajstić information content (AvgIpc) is 2.87. The van der Waals surface area contributed by atoms with Crippen molar-refractivity contribution in [2.75, 3.05) is 60.9 Å². The van der Waals surface area contributed by atoms with Gasteiger partial charge in [0.1, 0.15) is 5.82 Å². The fourth-order valence-electron chi connectivity index (χ4n) is 5.24. The number of nitrogens with one attached hydrogen (secondary N) is 2. The number of hydrogen-bond donors (Lipinski definition) is 2. The molecule has 1 saturated heterocycles. The Hall–Kier alpha value is -3.46. The minimum Gasteiger partial charge on any atom is -0.367 e. The standard InChI is InChI=1S/C26H30FN5O3/c27-21-5-1-2-6-22(21)31-14-12-30(13-15-31)11-9-28-25(34)26(35)29-20-16-18-4-3-10-32-23(33)8-7-19(17-20)24(18)32/h1-2,5-6,16-17H,3-4,7-15H2,(H,28,34)(H,29,35). The summed E-state index contributed by atoms with van der Waals surface area (Å²) in [6.45, 7) is 4.65. The molecule has 3 heterocycles. The van der Waals surface area contributed by atoms with Crippen molar-refractivity contribution < 1.29 is 18.8 Å². The Kier molecular flexibility index (Phi) is 6.68. The molecule has 2 N–H and O–H groups in total. The van der Waals surface area contributed by atoms with Gasteiger partial charge in [-0.3, -0.25) is 19.3 Å². The van der Waals surface area contributed by atoms with Crippen molar-refractivity contribution in [3.8, 4) is 0 Å². The molecule has 3 amide bonds. The van der Waals surface area contributed by atoms with Gasteiger partial charge < -0.3 is 20.4 Å². The number of carbonyl (C=O) groups is 3. The fourth-order valence-corrected chi connectivity index (χ4v) is 5.24. The zero-order valence-electron chi connectivity index (χ0n) is 19.7. The van der Waals surface area contributed by atoms with Crippen LogP contribution in [0.5, 0.6) is 0 Å². The number of carbonyl (C=O) groups excluding carboxylic acids is 3. The van der Waals surface area contributed by atoms with Gasteiger partial charge in [0, 0.05) is 57.9 Å². The van der Waals surface area contributed by atoms with E-state index in [1.54, 1.807) is 12.1 Å². The zero-order valence-corrected chi connectivity index (χ0v) is 19.7. The van der Waals surface area contributed by atoms with Crippen molar-refractivity contribution >= 4 is 34.8 Å². The summed E-state index contributed by atoms with van der Waals surface area (Å²) in [7, 11) is 0. The van der Waals surface area contributed by atoms with Crippen LogP contribution in [0.25, 0.3) is 0 Å². The van der Waals surface area contributed by atoms with E-state index < -0.39 is 11.8 Å². The SMILES string of the molecule is O=C(NCCN1CCN(c2ccccc2F)CC1)C(=O)Nc1cc2c3c(c1)CCC(=O)N3CCC2. The first-order valence-electron chi connectivity index (χ1n) is 12.3. The molecular weight excluding hydrogens is 449 g/mol. The first-order chi connectivity index (χ1) is 17.0. The molecule has 8 nitrogen and oxygen atoms in total. The molecule has 5 rings (SSSR count). The molecule has 3 aliphatic heterocycles. The molecule has 9 heteroatoms. The molecule has 0 spiro atoms. The van der Waals surface area contributed by atoms with E-state index in [-0.39, 0.29) is 11.7 Å². The number of rotatable bonds is 5. The van der Waals surface area contributed by atoms with Crippen LogP contribution in [0, 0.1) is 5.82 Å². The molecule has 0 aromatic heterocycles. The highest BCUT2D eigenvalue weighted by Gasteiger charge is 2.30. The molecular formula is C26H30FN5O3. The summed E-state index contributed by atoms with van der Waals surface area (Å²) in [5.41, 5.74) is 4.30. The van der Waals surface area contributed by atoms with Crippen LogP contribution in [0.1, 0.15) is 24.0 Å². The van der Waals surface area contributed by atoms with Gasteiger partial charge in [0.2, 0.25) is 5.91 Å². The van der Waals surface area contributed by atoms with Gasteiger partial charge in [0.15, 0.2) is 0 Å². The van der Waals surface area contributed by atoms with Crippen LogP contribution in [-0.4, -0.2) is 68.4 Å². The molecule has 0 radical (unpaired) electrons. The molecule has 2 aromatic carbocycles. The Bertz CT molecular complexity index is 1130. The lowest BCUT2D eigenvalue weighted by atomic mass is 9.91. The van der Waals surface area contributed by atoms with Crippen molar-refractivity contribution in [1.82, 2.24) is 10.2 Å². The smallest absolute Gasteiger partial charge is 0.313 e. The van der Waals surface area contributed by atoms with Gasteiger partial charge in [0.05, 0.1) is 11.4 Å². The number of anilines is 3. The molecule has 1 fully saturated rings. The largest absolute Gasteiger partial charge is 0.367 e. The Morgan fingerprint density at radius 3 is 2.43 bits per heavy atom. The zero-order chi connectivity index (χ0) is 24.4. The molecule has 35 heavy (non-hydrogen) atoms. The van der Waals surface area contributed by atoms with E-state index in [9.17, 15) is 18.8 Å². The lowest BCUT2D eigenvalue weighted by Crippen LogP contribution is -2.49. The van der Waals surface area contributed by atoms with Crippen LogP contribution < -0.4 is 20.4 Å². The lowest BCUT2D eigenvalue weighted by molar-refractivity contribution is -0.136. The van der Waals surface area contributed by atoms with Gasteiger partial charge in [0.25, 0.3) is 0 Å². The predicted molar refractivity (Wildman–Crippen MR) is 132 cm³/mol. The van der Waals surface area contributed by atoms with Crippen molar-refractivity contribution in [3.05, 3.63) is 53.3 Å². The van der Waals surface area contributed by atoms with Crippen molar-refractivity contribution in [1.29, 1.82) is 0 Å². The maximum Gasteiger partial charge on any atom is 0.313 e. The number of amides is 3. The number of piperazine rings is 1. The number of aryl methyl sites for hydroxylation is 2.